The van der Waals surface area contributed by atoms with Crippen LogP contribution in [0.5, 0.6) is 0 Å². The Kier molecular flexibility index (Phi) is 9.98. The van der Waals surface area contributed by atoms with Gasteiger partial charge in [0, 0.05) is 6.54 Å². The van der Waals surface area contributed by atoms with Gasteiger partial charge in [-0.2, -0.15) is 0 Å². The average Bonchev–Trinajstić information content (AvgIpc) is 3.73. The first-order valence-corrected chi connectivity index (χ1v) is 14.0. The average molecular weight is 506 g/mol. The van der Waals surface area contributed by atoms with Gasteiger partial charge in [0.05, 0.1) is 31.9 Å². The topological polar surface area (TPSA) is 91.1 Å². The van der Waals surface area contributed by atoms with E-state index in [1.807, 2.05) is 0 Å². The van der Waals surface area contributed by atoms with E-state index in [9.17, 15) is 14.4 Å². The van der Waals surface area contributed by atoms with Crippen LogP contribution in [0.25, 0.3) is 0 Å². The summed E-state index contributed by atoms with van der Waals surface area (Å²) in [6.45, 7) is 14.4. The summed E-state index contributed by atoms with van der Waals surface area (Å²) in [6, 6.07) is 0. The number of aromatic nitrogens is 3. The minimum atomic E-state index is -0.556. The van der Waals surface area contributed by atoms with Crippen molar-refractivity contribution in [2.75, 3.05) is 6.61 Å². The molecule has 8 heteroatoms. The van der Waals surface area contributed by atoms with Crippen molar-refractivity contribution in [1.82, 2.24) is 13.7 Å². The van der Waals surface area contributed by atoms with Gasteiger partial charge in [-0.1, -0.05) is 59.1 Å². The molecular weight excluding hydrogens is 458 g/mol. The Morgan fingerprint density at radius 3 is 2.22 bits per heavy atom. The van der Waals surface area contributed by atoms with Crippen LogP contribution in [0.15, 0.2) is 26.0 Å². The van der Waals surface area contributed by atoms with Gasteiger partial charge < -0.3 is 9.47 Å². The second-order valence-electron chi connectivity index (χ2n) is 11.7. The Balaban J connectivity index is 1.79. The first-order chi connectivity index (χ1) is 17.1. The number of rotatable bonds is 16. The van der Waals surface area contributed by atoms with Crippen molar-refractivity contribution in [2.24, 2.45) is 11.3 Å². The Bertz CT molecular complexity index is 1080. The first-order valence-electron chi connectivity index (χ1n) is 14.0. The molecule has 3 rings (SSSR count). The van der Waals surface area contributed by atoms with Crippen LogP contribution in [0.4, 0.5) is 0 Å². The molecule has 0 amide bonds. The summed E-state index contributed by atoms with van der Waals surface area (Å²) in [5, 5.41) is 0. The summed E-state index contributed by atoms with van der Waals surface area (Å²) < 4.78 is 14.7. The number of hydrogen-bond acceptors (Lipinski definition) is 5. The lowest BCUT2D eigenvalue weighted by atomic mass is 9.75. The highest BCUT2D eigenvalue weighted by molar-refractivity contribution is 5.04. The smallest absolute Gasteiger partial charge is 0.336 e. The number of allylic oxidation sites excluding steroid dienone is 1. The molecule has 0 radical (unpaired) electrons. The van der Waals surface area contributed by atoms with Gasteiger partial charge in [-0.25, -0.2) is 28.1 Å². The molecule has 1 aromatic rings. The fourth-order valence-corrected chi connectivity index (χ4v) is 5.64. The molecule has 36 heavy (non-hydrogen) atoms. The molecule has 4 unspecified atom stereocenters. The quantitative estimate of drug-likeness (QED) is 0.249. The molecule has 0 aliphatic carbocycles. The van der Waals surface area contributed by atoms with Crippen molar-refractivity contribution in [3.05, 3.63) is 43.1 Å². The monoisotopic (exact) mass is 505 g/mol. The fraction of sp³-hybridized carbons (Fsp3) is 0.821. The first kappa shape index (κ1) is 28.6. The summed E-state index contributed by atoms with van der Waals surface area (Å²) in [7, 11) is 0. The molecule has 2 saturated heterocycles. The number of ether oxygens (including phenoxy) is 2. The van der Waals surface area contributed by atoms with Crippen LogP contribution in [0, 0.1) is 11.3 Å². The van der Waals surface area contributed by atoms with Crippen LogP contribution >= 0.6 is 0 Å². The minimum absolute atomic E-state index is 0.00999. The third kappa shape index (κ3) is 7.78. The number of epoxide rings is 2. The van der Waals surface area contributed by atoms with E-state index in [2.05, 4.69) is 47.6 Å². The summed E-state index contributed by atoms with van der Waals surface area (Å²) in [5.41, 5.74) is -0.155. The highest BCUT2D eigenvalue weighted by Crippen LogP contribution is 2.36. The lowest BCUT2D eigenvalue weighted by Gasteiger charge is -2.31. The molecular formula is C28H47N3O5. The zero-order valence-corrected chi connectivity index (χ0v) is 23.3. The Hall–Kier alpha value is -1.93. The normalized spacial score (nSPS) is 23.2. The third-order valence-electron chi connectivity index (χ3n) is 7.45. The van der Waals surface area contributed by atoms with E-state index < -0.39 is 17.1 Å². The summed E-state index contributed by atoms with van der Waals surface area (Å²) in [6.07, 6.45) is 9.86. The van der Waals surface area contributed by atoms with Crippen LogP contribution in [0.1, 0.15) is 92.9 Å². The van der Waals surface area contributed by atoms with Crippen LogP contribution < -0.4 is 17.1 Å². The standard InChI is InChI=1S/C28H47N3O5/c1-7-9-11-21(5)15-23-24(36-23)18-31-26(33)29(25(32)30(27(31)34)17-22-19-35-22)14-10-13-28(6,12-8-2)16-20(3)4/h11,20,22-24H,7-10,12-19H2,1-6H3/b21-11+. The zero-order valence-electron chi connectivity index (χ0n) is 23.3. The van der Waals surface area contributed by atoms with Crippen LogP contribution in [-0.4, -0.2) is 38.6 Å². The molecule has 0 spiro atoms. The van der Waals surface area contributed by atoms with E-state index in [0.29, 0.717) is 19.1 Å². The van der Waals surface area contributed by atoms with Gasteiger partial charge in [0.1, 0.15) is 6.10 Å². The number of hydrogen-bond donors (Lipinski definition) is 0. The SMILES string of the molecule is CCC/C=C(\C)CC1OC1Cn1c(=O)n(CCCC(C)(CCC)CC(C)C)c(=O)n(CC2CO2)c1=O. The molecule has 0 N–H and O–H groups in total. The maximum Gasteiger partial charge on any atom is 0.336 e. The summed E-state index contributed by atoms with van der Waals surface area (Å²) in [5.74, 6) is 0.592. The lowest BCUT2D eigenvalue weighted by molar-refractivity contribution is 0.204. The van der Waals surface area contributed by atoms with Crippen LogP contribution in [-0.2, 0) is 29.1 Å². The van der Waals surface area contributed by atoms with Crippen LogP contribution in [0.2, 0.25) is 0 Å². The van der Waals surface area contributed by atoms with Crippen molar-refractivity contribution in [3.63, 3.8) is 0 Å². The van der Waals surface area contributed by atoms with Crippen molar-refractivity contribution in [2.45, 2.75) is 131 Å². The molecule has 0 saturated carbocycles. The van der Waals surface area contributed by atoms with E-state index in [1.165, 1.54) is 19.3 Å². The van der Waals surface area contributed by atoms with E-state index >= 15 is 0 Å². The number of unbranched alkanes of at least 4 members (excludes halogenated alkanes) is 1. The summed E-state index contributed by atoms with van der Waals surface area (Å²) >= 11 is 0. The van der Waals surface area contributed by atoms with Gasteiger partial charge in [0.2, 0.25) is 0 Å². The largest absolute Gasteiger partial charge is 0.371 e. The van der Waals surface area contributed by atoms with Gasteiger partial charge >= 0.3 is 17.1 Å². The lowest BCUT2D eigenvalue weighted by Crippen LogP contribution is -2.55. The molecule has 4 atom stereocenters. The molecule has 1 aromatic heterocycles. The van der Waals surface area contributed by atoms with Crippen molar-refractivity contribution in [3.8, 4) is 0 Å². The predicted molar refractivity (Wildman–Crippen MR) is 143 cm³/mol. The Labute approximate surface area is 215 Å². The molecule has 2 fully saturated rings. The van der Waals surface area contributed by atoms with E-state index in [0.717, 1.165) is 51.4 Å². The highest BCUT2D eigenvalue weighted by Gasteiger charge is 2.40. The number of nitrogens with zero attached hydrogens (tertiary/aromatic N) is 3. The van der Waals surface area contributed by atoms with E-state index in [-0.39, 0.29) is 36.8 Å². The van der Waals surface area contributed by atoms with E-state index in [4.69, 9.17) is 9.47 Å². The van der Waals surface area contributed by atoms with Crippen molar-refractivity contribution < 1.29 is 9.47 Å². The fourth-order valence-electron chi connectivity index (χ4n) is 5.64. The van der Waals surface area contributed by atoms with Crippen molar-refractivity contribution in [1.29, 1.82) is 0 Å². The molecule has 0 bridgehead atoms. The van der Waals surface area contributed by atoms with Gasteiger partial charge in [-0.05, 0) is 56.8 Å². The zero-order chi connectivity index (χ0) is 26.5. The minimum Gasteiger partial charge on any atom is -0.371 e. The maximum atomic E-state index is 13.4. The summed E-state index contributed by atoms with van der Waals surface area (Å²) in [4.78, 5) is 39.8. The van der Waals surface area contributed by atoms with Crippen molar-refractivity contribution >= 4 is 0 Å². The van der Waals surface area contributed by atoms with Gasteiger partial charge in [-0.15, -0.1) is 0 Å². The molecule has 8 nitrogen and oxygen atoms in total. The molecule has 204 valence electrons. The molecule has 3 heterocycles. The molecule has 2 aliphatic heterocycles. The second kappa shape index (κ2) is 12.5. The molecule has 2 aliphatic rings. The third-order valence-corrected chi connectivity index (χ3v) is 7.45. The molecule has 0 aromatic carbocycles. The van der Waals surface area contributed by atoms with Gasteiger partial charge in [0.15, 0.2) is 0 Å². The van der Waals surface area contributed by atoms with Gasteiger partial charge in [-0.3, -0.25) is 0 Å². The second-order valence-corrected chi connectivity index (χ2v) is 11.7. The predicted octanol–water partition coefficient (Wildman–Crippen LogP) is 4.11. The van der Waals surface area contributed by atoms with E-state index in [1.54, 1.807) is 0 Å². The Morgan fingerprint density at radius 2 is 1.64 bits per heavy atom. The van der Waals surface area contributed by atoms with Crippen LogP contribution in [0.3, 0.4) is 0 Å². The Morgan fingerprint density at radius 1 is 1.00 bits per heavy atom. The highest BCUT2D eigenvalue weighted by atomic mass is 16.6. The maximum absolute atomic E-state index is 13.4. The van der Waals surface area contributed by atoms with Gasteiger partial charge in [0.25, 0.3) is 0 Å².